The first-order valence-corrected chi connectivity index (χ1v) is 7.85. The van der Waals surface area contributed by atoms with Crippen LogP contribution in [-0.4, -0.2) is 73.7 Å². The van der Waals surface area contributed by atoms with E-state index < -0.39 is 0 Å². The normalized spacial score (nSPS) is 25.3. The number of primary amides is 1. The van der Waals surface area contributed by atoms with Crippen LogP contribution in [0.1, 0.15) is 19.3 Å². The van der Waals surface area contributed by atoms with Gasteiger partial charge in [-0.3, -0.25) is 9.69 Å². The van der Waals surface area contributed by atoms with E-state index >= 15 is 0 Å². The quantitative estimate of drug-likeness (QED) is 0.695. The van der Waals surface area contributed by atoms with Crippen molar-refractivity contribution in [1.29, 1.82) is 0 Å². The molecule has 2 rings (SSSR count). The van der Waals surface area contributed by atoms with Gasteiger partial charge in [-0.1, -0.05) is 12.2 Å². The minimum atomic E-state index is -0.364. The molecule has 0 aromatic heterocycles. The SMILES string of the molecule is CN(CC(N)=O)C[C@H]1CN(C(=O)N[C@H]2C=CCCC2)CCO1. The van der Waals surface area contributed by atoms with E-state index in [0.717, 1.165) is 19.3 Å². The number of nitrogens with one attached hydrogen (secondary N) is 1. The van der Waals surface area contributed by atoms with Crippen LogP contribution < -0.4 is 11.1 Å². The van der Waals surface area contributed by atoms with Gasteiger partial charge in [0.15, 0.2) is 0 Å². The zero-order chi connectivity index (χ0) is 15.9. The fourth-order valence-corrected chi connectivity index (χ4v) is 2.87. The number of hydrogen-bond acceptors (Lipinski definition) is 4. The van der Waals surface area contributed by atoms with Crippen molar-refractivity contribution in [3.8, 4) is 0 Å². The van der Waals surface area contributed by atoms with Crippen LogP contribution in [0, 0.1) is 0 Å². The Morgan fingerprint density at radius 2 is 2.32 bits per heavy atom. The number of likely N-dealkylation sites (N-methyl/N-ethyl adjacent to an activating group) is 1. The number of carbonyl (C=O) groups excluding carboxylic acids is 2. The minimum Gasteiger partial charge on any atom is -0.373 e. The van der Waals surface area contributed by atoms with Crippen LogP contribution in [0.25, 0.3) is 0 Å². The first-order valence-electron chi connectivity index (χ1n) is 7.85. The number of carbonyl (C=O) groups is 2. The number of allylic oxidation sites excluding steroid dienone is 1. The van der Waals surface area contributed by atoms with Crippen molar-refractivity contribution in [3.63, 3.8) is 0 Å². The molecule has 0 bridgehead atoms. The second-order valence-electron chi connectivity index (χ2n) is 6.02. The fourth-order valence-electron chi connectivity index (χ4n) is 2.87. The topological polar surface area (TPSA) is 87.9 Å². The maximum Gasteiger partial charge on any atom is 0.318 e. The van der Waals surface area contributed by atoms with E-state index in [1.54, 1.807) is 4.90 Å². The highest BCUT2D eigenvalue weighted by Gasteiger charge is 2.26. The Hall–Kier alpha value is -1.60. The Kier molecular flexibility index (Phi) is 6.21. The van der Waals surface area contributed by atoms with Crippen LogP contribution in [0.15, 0.2) is 12.2 Å². The number of hydrogen-bond donors (Lipinski definition) is 2. The molecule has 22 heavy (non-hydrogen) atoms. The fraction of sp³-hybridized carbons (Fsp3) is 0.733. The summed E-state index contributed by atoms with van der Waals surface area (Å²) in [6.45, 7) is 2.42. The van der Waals surface area contributed by atoms with Crippen molar-refractivity contribution in [2.45, 2.75) is 31.4 Å². The molecule has 1 fully saturated rings. The summed E-state index contributed by atoms with van der Waals surface area (Å²) in [6, 6.07) is 0.0995. The van der Waals surface area contributed by atoms with Gasteiger partial charge in [0.1, 0.15) is 0 Å². The second-order valence-corrected chi connectivity index (χ2v) is 6.02. The lowest BCUT2D eigenvalue weighted by molar-refractivity contribution is -0.119. The molecule has 2 atom stereocenters. The third-order valence-corrected chi connectivity index (χ3v) is 3.93. The van der Waals surface area contributed by atoms with Crippen LogP contribution >= 0.6 is 0 Å². The molecule has 0 unspecified atom stereocenters. The van der Waals surface area contributed by atoms with E-state index in [2.05, 4.69) is 17.5 Å². The van der Waals surface area contributed by atoms with Gasteiger partial charge in [-0.15, -0.1) is 0 Å². The minimum absolute atomic E-state index is 0.0394. The Balaban J connectivity index is 1.79. The van der Waals surface area contributed by atoms with Gasteiger partial charge in [0, 0.05) is 25.7 Å². The molecule has 3 N–H and O–H groups in total. The van der Waals surface area contributed by atoms with Gasteiger partial charge < -0.3 is 20.7 Å². The van der Waals surface area contributed by atoms with Gasteiger partial charge in [-0.05, 0) is 26.3 Å². The van der Waals surface area contributed by atoms with E-state index in [0.29, 0.717) is 26.2 Å². The number of rotatable bonds is 5. The summed E-state index contributed by atoms with van der Waals surface area (Å²) in [4.78, 5) is 26.8. The molecule has 1 saturated heterocycles. The lowest BCUT2D eigenvalue weighted by atomic mass is 10.0. The summed E-state index contributed by atoms with van der Waals surface area (Å²) in [5.74, 6) is -0.364. The second kappa shape index (κ2) is 8.14. The molecule has 1 heterocycles. The van der Waals surface area contributed by atoms with Gasteiger partial charge in [0.2, 0.25) is 5.91 Å². The number of nitrogens with two attached hydrogens (primary N) is 1. The lowest BCUT2D eigenvalue weighted by Crippen LogP contribution is -2.54. The molecule has 124 valence electrons. The van der Waals surface area contributed by atoms with Gasteiger partial charge in [0.25, 0.3) is 0 Å². The summed E-state index contributed by atoms with van der Waals surface area (Å²) < 4.78 is 5.67. The summed E-state index contributed by atoms with van der Waals surface area (Å²) in [5.41, 5.74) is 5.18. The largest absolute Gasteiger partial charge is 0.373 e. The number of urea groups is 1. The lowest BCUT2D eigenvalue weighted by Gasteiger charge is -2.35. The van der Waals surface area contributed by atoms with Crippen molar-refractivity contribution < 1.29 is 14.3 Å². The van der Waals surface area contributed by atoms with Crippen LogP contribution in [0.2, 0.25) is 0 Å². The molecular weight excluding hydrogens is 284 g/mol. The summed E-state index contributed by atoms with van der Waals surface area (Å²) >= 11 is 0. The Labute approximate surface area is 131 Å². The molecule has 0 aromatic carbocycles. The average Bonchev–Trinajstić information content (AvgIpc) is 2.47. The molecule has 7 heteroatoms. The van der Waals surface area contributed by atoms with Crippen LogP contribution in [0.5, 0.6) is 0 Å². The van der Waals surface area contributed by atoms with Gasteiger partial charge in [-0.2, -0.15) is 0 Å². The smallest absolute Gasteiger partial charge is 0.318 e. The summed E-state index contributed by atoms with van der Waals surface area (Å²) in [5, 5.41) is 3.05. The van der Waals surface area contributed by atoms with Crippen molar-refractivity contribution in [2.24, 2.45) is 5.73 Å². The standard InChI is InChI=1S/C15H26N4O3/c1-18(11-14(16)20)9-13-10-19(7-8-22-13)15(21)17-12-5-3-2-4-6-12/h3,5,12-13H,2,4,6-11H2,1H3,(H2,16,20)(H,17,21)/t12-,13-/m0/s1. The first-order chi connectivity index (χ1) is 10.5. The molecule has 3 amide bonds. The molecule has 0 aromatic rings. The van der Waals surface area contributed by atoms with E-state index in [9.17, 15) is 9.59 Å². The Bertz CT molecular complexity index is 427. The molecule has 1 aliphatic carbocycles. The summed E-state index contributed by atoms with van der Waals surface area (Å²) in [7, 11) is 1.82. The molecular formula is C15H26N4O3. The van der Waals surface area contributed by atoms with Crippen molar-refractivity contribution in [2.75, 3.05) is 39.8 Å². The van der Waals surface area contributed by atoms with E-state index in [-0.39, 0.29) is 30.6 Å². The van der Waals surface area contributed by atoms with E-state index in [1.807, 2.05) is 11.9 Å². The highest BCUT2D eigenvalue weighted by atomic mass is 16.5. The number of morpholine rings is 1. The number of amides is 3. The predicted molar refractivity (Wildman–Crippen MR) is 83.3 cm³/mol. The highest BCUT2D eigenvalue weighted by Crippen LogP contribution is 2.12. The number of ether oxygens (including phenoxy) is 1. The molecule has 2 aliphatic rings. The van der Waals surface area contributed by atoms with Gasteiger partial charge in [-0.25, -0.2) is 4.79 Å². The molecule has 1 aliphatic heterocycles. The molecule has 0 radical (unpaired) electrons. The average molecular weight is 310 g/mol. The van der Waals surface area contributed by atoms with Crippen LogP contribution in [-0.2, 0) is 9.53 Å². The highest BCUT2D eigenvalue weighted by molar-refractivity contribution is 5.76. The predicted octanol–water partition coefficient (Wildman–Crippen LogP) is -0.0774. The third kappa shape index (κ3) is 5.31. The van der Waals surface area contributed by atoms with Gasteiger partial charge in [0.05, 0.1) is 19.3 Å². The van der Waals surface area contributed by atoms with Crippen LogP contribution in [0.4, 0.5) is 4.79 Å². The van der Waals surface area contributed by atoms with E-state index in [1.165, 1.54) is 0 Å². The third-order valence-electron chi connectivity index (χ3n) is 3.93. The van der Waals surface area contributed by atoms with Crippen molar-refractivity contribution in [3.05, 3.63) is 12.2 Å². The molecule has 0 spiro atoms. The van der Waals surface area contributed by atoms with Gasteiger partial charge >= 0.3 is 6.03 Å². The Morgan fingerprint density at radius 1 is 1.50 bits per heavy atom. The molecule has 0 saturated carbocycles. The van der Waals surface area contributed by atoms with E-state index in [4.69, 9.17) is 10.5 Å². The maximum absolute atomic E-state index is 12.3. The Morgan fingerprint density at radius 3 is 3.00 bits per heavy atom. The van der Waals surface area contributed by atoms with Crippen molar-refractivity contribution >= 4 is 11.9 Å². The maximum atomic E-state index is 12.3. The number of nitrogens with zero attached hydrogens (tertiary/aromatic N) is 2. The zero-order valence-electron chi connectivity index (χ0n) is 13.2. The first kappa shape index (κ1) is 16.8. The zero-order valence-corrected chi connectivity index (χ0v) is 13.2. The van der Waals surface area contributed by atoms with Crippen LogP contribution in [0.3, 0.4) is 0 Å². The van der Waals surface area contributed by atoms with Crippen molar-refractivity contribution in [1.82, 2.24) is 15.1 Å². The monoisotopic (exact) mass is 310 g/mol. The summed E-state index contributed by atoms with van der Waals surface area (Å²) in [6.07, 6.45) is 7.31. The molecule has 7 nitrogen and oxygen atoms in total.